The van der Waals surface area contributed by atoms with E-state index in [0.29, 0.717) is 11.8 Å². The number of nitrogens with one attached hydrogen (secondary N) is 1. The molecular formula is C15H25NO2S2. The number of sulfone groups is 1. The van der Waals surface area contributed by atoms with Crippen molar-refractivity contribution in [2.75, 3.05) is 24.3 Å². The zero-order chi connectivity index (χ0) is 15.0. The molecule has 1 aromatic rings. The van der Waals surface area contributed by atoms with Gasteiger partial charge in [0.15, 0.2) is 0 Å². The Hall–Kier alpha value is -0.520. The fourth-order valence-corrected chi connectivity index (χ4v) is 3.99. The van der Waals surface area contributed by atoms with E-state index in [4.69, 9.17) is 0 Å². The van der Waals surface area contributed by atoms with Crippen molar-refractivity contribution in [1.29, 1.82) is 0 Å². The zero-order valence-electron chi connectivity index (χ0n) is 12.6. The van der Waals surface area contributed by atoms with Crippen molar-refractivity contribution in [2.24, 2.45) is 0 Å². The first-order valence-corrected chi connectivity index (χ1v) is 9.85. The van der Waals surface area contributed by atoms with Crippen molar-refractivity contribution >= 4 is 21.6 Å². The lowest BCUT2D eigenvalue weighted by atomic mass is 10.2. The fraction of sp³-hybridized carbons (Fsp3) is 0.600. The van der Waals surface area contributed by atoms with Gasteiger partial charge in [-0.1, -0.05) is 25.1 Å². The summed E-state index contributed by atoms with van der Waals surface area (Å²) in [4.78, 5) is 1.30. The van der Waals surface area contributed by atoms with E-state index in [-0.39, 0.29) is 5.75 Å². The summed E-state index contributed by atoms with van der Waals surface area (Å²) in [6, 6.07) is 8.70. The van der Waals surface area contributed by atoms with Crippen molar-refractivity contribution in [1.82, 2.24) is 5.32 Å². The summed E-state index contributed by atoms with van der Waals surface area (Å²) in [6.07, 6.45) is 1.63. The lowest BCUT2D eigenvalue weighted by Crippen LogP contribution is -2.28. The predicted molar refractivity (Wildman–Crippen MR) is 88.3 cm³/mol. The smallest absolute Gasteiger partial charge is 0.150 e. The molecule has 1 rings (SSSR count). The third-order valence-corrected chi connectivity index (χ3v) is 6.52. The quantitative estimate of drug-likeness (QED) is 0.712. The SMILES string of the molecule is CCS(=O)(=O)CCCC(CSc1ccccc1C)NC. The van der Waals surface area contributed by atoms with Gasteiger partial charge < -0.3 is 5.32 Å². The summed E-state index contributed by atoms with van der Waals surface area (Å²) in [5.74, 6) is 1.51. The van der Waals surface area contributed by atoms with Gasteiger partial charge in [0.25, 0.3) is 0 Å². The van der Waals surface area contributed by atoms with Crippen molar-refractivity contribution < 1.29 is 8.42 Å². The van der Waals surface area contributed by atoms with Gasteiger partial charge in [-0.3, -0.25) is 0 Å². The molecule has 0 amide bonds. The monoisotopic (exact) mass is 315 g/mol. The second-order valence-corrected chi connectivity index (χ2v) is 8.48. The summed E-state index contributed by atoms with van der Waals surface area (Å²) >= 11 is 1.83. The average Bonchev–Trinajstić information content (AvgIpc) is 2.44. The molecule has 0 aliphatic rings. The number of hydrogen-bond acceptors (Lipinski definition) is 4. The maximum absolute atomic E-state index is 11.5. The highest BCUT2D eigenvalue weighted by Gasteiger charge is 2.11. The van der Waals surface area contributed by atoms with E-state index in [1.165, 1.54) is 10.5 Å². The van der Waals surface area contributed by atoms with E-state index in [0.717, 1.165) is 18.6 Å². The minimum absolute atomic E-state index is 0.245. The Morgan fingerprint density at radius 2 is 2.00 bits per heavy atom. The normalized spacial score (nSPS) is 13.3. The van der Waals surface area contributed by atoms with Gasteiger partial charge in [0.2, 0.25) is 0 Å². The molecule has 0 fully saturated rings. The van der Waals surface area contributed by atoms with E-state index in [1.54, 1.807) is 6.92 Å². The molecule has 0 heterocycles. The van der Waals surface area contributed by atoms with Crippen LogP contribution in [0.15, 0.2) is 29.2 Å². The Balaban J connectivity index is 2.39. The predicted octanol–water partition coefficient (Wildman–Crippen LogP) is 2.89. The Kier molecular flexibility index (Phi) is 7.62. The van der Waals surface area contributed by atoms with Gasteiger partial charge in [-0.05, 0) is 38.4 Å². The largest absolute Gasteiger partial charge is 0.316 e. The highest BCUT2D eigenvalue weighted by molar-refractivity contribution is 7.99. The summed E-state index contributed by atoms with van der Waals surface area (Å²) in [5, 5.41) is 3.28. The minimum Gasteiger partial charge on any atom is -0.316 e. The highest BCUT2D eigenvalue weighted by Crippen LogP contribution is 2.23. The molecule has 0 bridgehead atoms. The first-order chi connectivity index (χ1) is 9.48. The molecule has 20 heavy (non-hydrogen) atoms. The van der Waals surface area contributed by atoms with Crippen LogP contribution in [0.4, 0.5) is 0 Å². The van der Waals surface area contributed by atoms with Crippen LogP contribution in [0.3, 0.4) is 0 Å². The van der Waals surface area contributed by atoms with Gasteiger partial charge in [0, 0.05) is 22.4 Å². The van der Waals surface area contributed by atoms with Crippen molar-refractivity contribution in [3.8, 4) is 0 Å². The van der Waals surface area contributed by atoms with Crippen LogP contribution in [-0.2, 0) is 9.84 Å². The van der Waals surface area contributed by atoms with E-state index in [1.807, 2.05) is 24.9 Å². The number of hydrogen-bond donors (Lipinski definition) is 1. The molecule has 0 saturated carbocycles. The van der Waals surface area contributed by atoms with E-state index in [9.17, 15) is 8.42 Å². The fourth-order valence-electron chi connectivity index (χ4n) is 1.91. The van der Waals surface area contributed by atoms with Crippen LogP contribution in [0, 0.1) is 6.92 Å². The number of rotatable bonds is 9. The second-order valence-electron chi connectivity index (χ2n) is 4.94. The van der Waals surface area contributed by atoms with Gasteiger partial charge in [-0.2, -0.15) is 0 Å². The lowest BCUT2D eigenvalue weighted by molar-refractivity contribution is 0.554. The molecule has 1 N–H and O–H groups in total. The molecule has 1 unspecified atom stereocenters. The molecule has 114 valence electrons. The van der Waals surface area contributed by atoms with Crippen molar-refractivity contribution in [3.63, 3.8) is 0 Å². The minimum atomic E-state index is -2.83. The number of benzene rings is 1. The van der Waals surface area contributed by atoms with Crippen LogP contribution >= 0.6 is 11.8 Å². The molecule has 0 aromatic heterocycles. The van der Waals surface area contributed by atoms with Crippen LogP contribution in [0.2, 0.25) is 0 Å². The average molecular weight is 316 g/mol. The summed E-state index contributed by atoms with van der Waals surface area (Å²) < 4.78 is 22.9. The third kappa shape index (κ3) is 6.29. The van der Waals surface area contributed by atoms with Gasteiger partial charge in [-0.15, -0.1) is 11.8 Å². The Bertz CT molecular complexity index is 500. The van der Waals surface area contributed by atoms with Crippen LogP contribution in [0.25, 0.3) is 0 Å². The van der Waals surface area contributed by atoms with Crippen LogP contribution < -0.4 is 5.32 Å². The van der Waals surface area contributed by atoms with Gasteiger partial charge in [0.1, 0.15) is 9.84 Å². The highest BCUT2D eigenvalue weighted by atomic mass is 32.2. The third-order valence-electron chi connectivity index (χ3n) is 3.39. The number of aryl methyl sites for hydroxylation is 1. The van der Waals surface area contributed by atoms with Crippen LogP contribution in [0.5, 0.6) is 0 Å². The molecule has 1 atom stereocenters. The second kappa shape index (κ2) is 8.70. The molecule has 0 spiro atoms. The molecular weight excluding hydrogens is 290 g/mol. The van der Waals surface area contributed by atoms with Crippen molar-refractivity contribution in [2.45, 2.75) is 37.6 Å². The van der Waals surface area contributed by atoms with Gasteiger partial charge >= 0.3 is 0 Å². The van der Waals surface area contributed by atoms with Gasteiger partial charge in [0.05, 0.1) is 5.75 Å². The van der Waals surface area contributed by atoms with E-state index in [2.05, 4.69) is 30.4 Å². The van der Waals surface area contributed by atoms with E-state index < -0.39 is 9.84 Å². The first-order valence-electron chi connectivity index (χ1n) is 7.04. The Morgan fingerprint density at radius 3 is 2.60 bits per heavy atom. The molecule has 5 heteroatoms. The number of thioether (sulfide) groups is 1. The Morgan fingerprint density at radius 1 is 1.30 bits per heavy atom. The van der Waals surface area contributed by atoms with Crippen molar-refractivity contribution in [3.05, 3.63) is 29.8 Å². The molecule has 0 radical (unpaired) electrons. The standard InChI is InChI=1S/C15H25NO2S2/c1-4-20(17,18)11-7-9-14(16-3)12-19-15-10-6-5-8-13(15)2/h5-6,8,10,14,16H,4,7,9,11-12H2,1-3H3. The van der Waals surface area contributed by atoms with Crippen LogP contribution in [-0.4, -0.2) is 38.8 Å². The maximum atomic E-state index is 11.5. The van der Waals surface area contributed by atoms with Gasteiger partial charge in [-0.25, -0.2) is 8.42 Å². The van der Waals surface area contributed by atoms with E-state index >= 15 is 0 Å². The summed E-state index contributed by atoms with van der Waals surface area (Å²) in [7, 11) is -0.890. The zero-order valence-corrected chi connectivity index (χ0v) is 14.2. The molecule has 3 nitrogen and oxygen atoms in total. The summed E-state index contributed by atoms with van der Waals surface area (Å²) in [6.45, 7) is 3.82. The first kappa shape index (κ1) is 17.5. The molecule has 0 aliphatic carbocycles. The van der Waals surface area contributed by atoms with Crippen LogP contribution in [0.1, 0.15) is 25.3 Å². The Labute approximate surface area is 127 Å². The summed E-state index contributed by atoms with van der Waals surface area (Å²) in [5.41, 5.74) is 1.29. The molecule has 0 aliphatic heterocycles. The lowest BCUT2D eigenvalue weighted by Gasteiger charge is -2.16. The maximum Gasteiger partial charge on any atom is 0.150 e. The molecule has 1 aromatic carbocycles. The molecule has 0 saturated heterocycles. The topological polar surface area (TPSA) is 46.2 Å².